The van der Waals surface area contributed by atoms with Crippen molar-refractivity contribution in [2.75, 3.05) is 5.32 Å². The van der Waals surface area contributed by atoms with Crippen molar-refractivity contribution in [2.45, 2.75) is 47.7 Å². The summed E-state index contributed by atoms with van der Waals surface area (Å²) in [6, 6.07) is 6.06. The number of aromatic nitrogens is 1. The van der Waals surface area contributed by atoms with Crippen LogP contribution in [0.3, 0.4) is 0 Å². The molecule has 0 aliphatic carbocycles. The minimum absolute atomic E-state index is 0.359. The predicted octanol–water partition coefficient (Wildman–Crippen LogP) is 4.06. The van der Waals surface area contributed by atoms with Crippen LogP contribution in [0.5, 0.6) is 5.75 Å². The molecule has 1 heterocycles. The number of hydrogen-bond acceptors (Lipinski definition) is 2. The molecule has 0 spiro atoms. The number of hydrogen-bond donors (Lipinski definition) is 2. The van der Waals surface area contributed by atoms with Crippen LogP contribution < -0.4 is 5.32 Å². The highest BCUT2D eigenvalue weighted by molar-refractivity contribution is 5.57. The van der Waals surface area contributed by atoms with Crippen molar-refractivity contribution >= 4 is 5.69 Å². The van der Waals surface area contributed by atoms with Gasteiger partial charge in [-0.05, 0) is 69.5 Å². The molecule has 1 aromatic carbocycles. The zero-order chi connectivity index (χ0) is 14.9. The molecule has 3 nitrogen and oxygen atoms in total. The lowest BCUT2D eigenvalue weighted by molar-refractivity contribution is 0.471. The Labute approximate surface area is 121 Å². The number of aryl methyl sites for hydroxylation is 3. The van der Waals surface area contributed by atoms with E-state index in [1.807, 2.05) is 26.0 Å². The van der Waals surface area contributed by atoms with E-state index < -0.39 is 0 Å². The number of phenolic OH excluding ortho intramolecular Hbond substituents is 1. The molecule has 0 amide bonds. The van der Waals surface area contributed by atoms with Crippen molar-refractivity contribution in [3.05, 3.63) is 46.3 Å². The van der Waals surface area contributed by atoms with Crippen molar-refractivity contribution < 1.29 is 5.11 Å². The summed E-state index contributed by atoms with van der Waals surface area (Å²) in [6.45, 7) is 12.2. The third-order valence-electron chi connectivity index (χ3n) is 4.01. The summed E-state index contributed by atoms with van der Waals surface area (Å²) in [5.74, 6) is 0.359. The summed E-state index contributed by atoms with van der Waals surface area (Å²) >= 11 is 0. The van der Waals surface area contributed by atoms with Crippen LogP contribution in [-0.2, 0) is 13.1 Å². The fourth-order valence-corrected chi connectivity index (χ4v) is 2.72. The second-order valence-electron chi connectivity index (χ2n) is 5.45. The first-order valence-electron chi connectivity index (χ1n) is 7.13. The van der Waals surface area contributed by atoms with Gasteiger partial charge in [-0.3, -0.25) is 0 Å². The number of anilines is 1. The number of nitrogens with one attached hydrogen (secondary N) is 1. The molecule has 0 radical (unpaired) electrons. The highest BCUT2D eigenvalue weighted by atomic mass is 16.3. The van der Waals surface area contributed by atoms with E-state index >= 15 is 0 Å². The number of nitrogens with zero attached hydrogens (tertiary/aromatic N) is 1. The quantitative estimate of drug-likeness (QED) is 0.824. The smallest absolute Gasteiger partial charge is 0.118 e. The molecule has 20 heavy (non-hydrogen) atoms. The van der Waals surface area contributed by atoms with E-state index in [1.165, 1.54) is 17.0 Å². The van der Waals surface area contributed by atoms with Gasteiger partial charge in [-0.1, -0.05) is 0 Å². The molecule has 0 atom stereocenters. The van der Waals surface area contributed by atoms with Crippen LogP contribution in [0.25, 0.3) is 0 Å². The lowest BCUT2D eigenvalue weighted by Crippen LogP contribution is -2.04. The van der Waals surface area contributed by atoms with Gasteiger partial charge in [-0.2, -0.15) is 0 Å². The summed E-state index contributed by atoms with van der Waals surface area (Å²) in [4.78, 5) is 0. The Bertz CT molecular complexity index is 626. The summed E-state index contributed by atoms with van der Waals surface area (Å²) in [7, 11) is 0. The van der Waals surface area contributed by atoms with Crippen LogP contribution in [0.15, 0.2) is 18.2 Å². The molecule has 0 saturated carbocycles. The molecule has 3 heteroatoms. The molecule has 108 valence electrons. The normalized spacial score (nSPS) is 10.8. The van der Waals surface area contributed by atoms with E-state index in [9.17, 15) is 5.11 Å². The van der Waals surface area contributed by atoms with Gasteiger partial charge in [0.2, 0.25) is 0 Å². The number of rotatable bonds is 4. The highest BCUT2D eigenvalue weighted by Gasteiger charge is 2.08. The summed E-state index contributed by atoms with van der Waals surface area (Å²) in [5, 5.41) is 13.2. The summed E-state index contributed by atoms with van der Waals surface area (Å²) in [6.07, 6.45) is 0. The predicted molar refractivity (Wildman–Crippen MR) is 84.5 cm³/mol. The van der Waals surface area contributed by atoms with Gasteiger partial charge >= 0.3 is 0 Å². The zero-order valence-corrected chi connectivity index (χ0v) is 13.0. The maximum absolute atomic E-state index is 9.69. The molecular formula is C17H24N2O. The van der Waals surface area contributed by atoms with E-state index in [1.54, 1.807) is 0 Å². The Balaban J connectivity index is 2.19. The van der Waals surface area contributed by atoms with Gasteiger partial charge in [0.25, 0.3) is 0 Å². The van der Waals surface area contributed by atoms with Crippen molar-refractivity contribution in [1.29, 1.82) is 0 Å². The van der Waals surface area contributed by atoms with Gasteiger partial charge in [-0.15, -0.1) is 0 Å². The lowest BCUT2D eigenvalue weighted by Gasteiger charge is -2.12. The highest BCUT2D eigenvalue weighted by Crippen LogP contribution is 2.26. The Hall–Kier alpha value is -1.90. The summed E-state index contributed by atoms with van der Waals surface area (Å²) < 4.78 is 2.33. The van der Waals surface area contributed by atoms with Gasteiger partial charge in [0.15, 0.2) is 0 Å². The van der Waals surface area contributed by atoms with E-state index in [4.69, 9.17) is 0 Å². The fourth-order valence-electron chi connectivity index (χ4n) is 2.72. The third-order valence-corrected chi connectivity index (χ3v) is 4.01. The first-order chi connectivity index (χ1) is 9.43. The molecule has 0 aliphatic rings. The number of aromatic hydroxyl groups is 1. The van der Waals surface area contributed by atoms with Crippen molar-refractivity contribution in [3.8, 4) is 5.75 Å². The SMILES string of the molecule is CCn1c(C)cc(CNc2cc(C)c(O)cc2C)c1C. The minimum atomic E-state index is 0.359. The standard InChI is InChI=1S/C17H24N2O/c1-6-19-13(4)9-15(14(19)5)10-18-16-7-12(3)17(20)8-11(16)2/h7-9,18,20H,6,10H2,1-5H3. The Morgan fingerprint density at radius 1 is 1.05 bits per heavy atom. The Morgan fingerprint density at radius 2 is 1.75 bits per heavy atom. The molecule has 0 saturated heterocycles. The van der Waals surface area contributed by atoms with Gasteiger partial charge in [0.05, 0.1) is 0 Å². The second kappa shape index (κ2) is 5.61. The molecule has 1 aromatic heterocycles. The van der Waals surface area contributed by atoms with Crippen LogP contribution in [0.4, 0.5) is 5.69 Å². The Morgan fingerprint density at radius 3 is 2.35 bits per heavy atom. The van der Waals surface area contributed by atoms with Crippen LogP contribution in [0.2, 0.25) is 0 Å². The first-order valence-corrected chi connectivity index (χ1v) is 7.13. The van der Waals surface area contributed by atoms with E-state index in [0.29, 0.717) is 5.75 Å². The molecule has 0 fully saturated rings. The molecule has 0 aliphatic heterocycles. The fraction of sp³-hybridized carbons (Fsp3) is 0.412. The van der Waals surface area contributed by atoms with E-state index in [0.717, 1.165) is 29.9 Å². The molecule has 2 rings (SSSR count). The van der Waals surface area contributed by atoms with E-state index in [-0.39, 0.29) is 0 Å². The van der Waals surface area contributed by atoms with Gasteiger partial charge in [-0.25, -0.2) is 0 Å². The third kappa shape index (κ3) is 2.67. The minimum Gasteiger partial charge on any atom is -0.508 e. The molecular weight excluding hydrogens is 248 g/mol. The van der Waals surface area contributed by atoms with Gasteiger partial charge < -0.3 is 15.0 Å². The van der Waals surface area contributed by atoms with Crippen molar-refractivity contribution in [2.24, 2.45) is 0 Å². The number of phenols is 1. The zero-order valence-electron chi connectivity index (χ0n) is 13.0. The van der Waals surface area contributed by atoms with Crippen LogP contribution in [-0.4, -0.2) is 9.67 Å². The van der Waals surface area contributed by atoms with Gasteiger partial charge in [0.1, 0.15) is 5.75 Å². The van der Waals surface area contributed by atoms with Crippen molar-refractivity contribution in [1.82, 2.24) is 4.57 Å². The average Bonchev–Trinajstić information content (AvgIpc) is 2.66. The second-order valence-corrected chi connectivity index (χ2v) is 5.45. The topological polar surface area (TPSA) is 37.2 Å². The molecule has 2 aromatic rings. The molecule has 0 unspecified atom stereocenters. The molecule has 0 bridgehead atoms. The van der Waals surface area contributed by atoms with Gasteiger partial charge in [0, 0.05) is 30.2 Å². The molecule has 2 N–H and O–H groups in total. The average molecular weight is 272 g/mol. The first kappa shape index (κ1) is 14.5. The number of benzene rings is 1. The monoisotopic (exact) mass is 272 g/mol. The van der Waals surface area contributed by atoms with Crippen LogP contribution in [0, 0.1) is 27.7 Å². The van der Waals surface area contributed by atoms with E-state index in [2.05, 4.69) is 36.7 Å². The maximum Gasteiger partial charge on any atom is 0.118 e. The largest absolute Gasteiger partial charge is 0.508 e. The maximum atomic E-state index is 9.69. The summed E-state index contributed by atoms with van der Waals surface area (Å²) in [5.41, 5.74) is 7.01. The van der Waals surface area contributed by atoms with Crippen LogP contribution in [0.1, 0.15) is 35.0 Å². The lowest BCUT2D eigenvalue weighted by atomic mass is 10.1. The van der Waals surface area contributed by atoms with Crippen LogP contribution >= 0.6 is 0 Å². The Kier molecular flexibility index (Phi) is 4.07. The van der Waals surface area contributed by atoms with Crippen molar-refractivity contribution in [3.63, 3.8) is 0 Å².